The molecule has 15 aromatic rings. The molecule has 31 heteroatoms. The van der Waals surface area contributed by atoms with Gasteiger partial charge in [-0.05, 0) is 277 Å². The number of likely N-dealkylation sites (tertiary alicyclic amines) is 1. The van der Waals surface area contributed by atoms with E-state index in [1.165, 1.54) is 16.7 Å². The van der Waals surface area contributed by atoms with Gasteiger partial charge in [0.25, 0.3) is 0 Å². The van der Waals surface area contributed by atoms with Gasteiger partial charge in [-0.1, -0.05) is 94.4 Å². The number of rotatable bonds is 35. The topological polar surface area (TPSA) is 372 Å². The minimum absolute atomic E-state index is 0. The van der Waals surface area contributed by atoms with E-state index in [4.69, 9.17) is 25.2 Å². The van der Waals surface area contributed by atoms with E-state index < -0.39 is 42.3 Å². The number of hydrogen-bond donors (Lipinski definition) is 4. The number of carbonyl (C=O) groups excluding carboxylic acids is 3. The van der Waals surface area contributed by atoms with Gasteiger partial charge in [0.15, 0.2) is 0 Å². The Morgan fingerprint density at radius 3 is 0.962 bits per heavy atom. The third kappa shape index (κ3) is 25.7. The van der Waals surface area contributed by atoms with E-state index in [9.17, 15) is 33.9 Å². The second-order valence-electron chi connectivity index (χ2n) is 29.2. The van der Waals surface area contributed by atoms with Crippen LogP contribution in [-0.4, -0.2) is 143 Å². The molecule has 2 atom stereocenters. The summed E-state index contributed by atoms with van der Waals surface area (Å²) in [5, 5.41) is 56.5. The Hall–Kier alpha value is -15.0. The summed E-state index contributed by atoms with van der Waals surface area (Å²) < 4.78 is 0. The number of benzene rings is 6. The third-order valence-corrected chi connectivity index (χ3v) is 23.7. The van der Waals surface area contributed by atoms with Crippen LogP contribution in [0.3, 0.4) is 0 Å². The van der Waals surface area contributed by atoms with Gasteiger partial charge in [0.05, 0.1) is 121 Å². The Labute approximate surface area is 770 Å². The zero-order chi connectivity index (χ0) is 89.1. The van der Waals surface area contributed by atoms with E-state index in [2.05, 4.69) is 114 Å². The molecule has 4 N–H and O–H groups in total. The fraction of sp³-hybridized carbons (Fsp3) is 0.121. The second-order valence-corrected chi connectivity index (χ2v) is 32.8. The first-order valence-electron chi connectivity index (χ1n) is 41.0. The molecule has 3 amide bonds. The maximum Gasteiger partial charge on any atom is 0.320 e. The van der Waals surface area contributed by atoms with Crippen LogP contribution in [0, 0.1) is 0 Å². The zero-order valence-electron chi connectivity index (χ0n) is 69.4. The molecule has 130 heavy (non-hydrogen) atoms. The number of imide groups is 1. The van der Waals surface area contributed by atoms with Crippen molar-refractivity contribution in [3.05, 3.63) is 328 Å². The first-order valence-corrected chi connectivity index (χ1v) is 44.1. The molecule has 0 radical (unpaired) electrons. The number of unbranched alkanes of at least 4 members (excludes halogenated alkanes) is 1. The van der Waals surface area contributed by atoms with Gasteiger partial charge in [-0.15, -0.1) is 11.8 Å². The standard InChI is InChI=1S/C54H36N10S2.C45H44N8O9S.Fe/c1-5-29-55-47(9-1)51-33-39(34-52(59-51)48-10-2-6-30-56-48)37-13-17-41(18-14-37)61-63-43-21-25-45(26-22-43)65-66-46-27-23-44(24-28-46)64-62-42-19-15-38(16-20-42)40-35-53(49-11-3-7-31-57-49)60-54(36-40)50-12-4-8-32-58-50;54-40(48-22-6-3-10-38(45(61)62)52(27-42(56)57)28-43(58)59)11-7-23-53-41(55)26-39(44(53)60)63-33-18-16-32(17-19-33)51-50-31-14-12-29(13-15-31)30-24-36(34-8-1-4-20-46-34)49-37(25-30)35-9-2-5-21-47-35;/h1-36H;1-2,4-5,8-9,12-21,24-25,38-39H,3,6-7,10-11,22-23,26-28H2,(H,48,54)(H,56,57)(H,58,59)(H,61,62);. The average molecular weight is 1820 g/mol. The first kappa shape index (κ1) is 91.2. The summed E-state index contributed by atoms with van der Waals surface area (Å²) in [6.07, 6.45) is 11.6. The van der Waals surface area contributed by atoms with Gasteiger partial charge in [-0.2, -0.15) is 30.7 Å². The molecule has 2 unspecified atom stereocenters. The molecule has 9 aromatic heterocycles. The summed E-state index contributed by atoms with van der Waals surface area (Å²) in [6.45, 7) is -1.16. The maximum atomic E-state index is 13.1. The fourth-order valence-electron chi connectivity index (χ4n) is 13.7. The molecule has 6 aromatic carbocycles. The van der Waals surface area contributed by atoms with E-state index in [1.807, 2.05) is 231 Å². The van der Waals surface area contributed by atoms with E-state index in [-0.39, 0.29) is 73.6 Å². The van der Waals surface area contributed by atoms with Crippen molar-refractivity contribution in [2.45, 2.75) is 64.5 Å². The monoisotopic (exact) mass is 1820 g/mol. The predicted molar refractivity (Wildman–Crippen MR) is 497 cm³/mol. The van der Waals surface area contributed by atoms with Gasteiger partial charge in [0, 0.05) is 94.9 Å². The van der Waals surface area contributed by atoms with Crippen molar-refractivity contribution in [1.29, 1.82) is 0 Å². The molecule has 1 saturated heterocycles. The number of carbonyl (C=O) groups is 6. The summed E-state index contributed by atoms with van der Waals surface area (Å²) in [7, 11) is 3.35. The van der Waals surface area contributed by atoms with Crippen molar-refractivity contribution in [1.82, 2.24) is 60.0 Å². The molecular weight excluding hydrogens is 1740 g/mol. The number of thioether (sulfide) groups is 1. The minimum Gasteiger partial charge on any atom is -0.480 e. The van der Waals surface area contributed by atoms with E-state index in [0.717, 1.165) is 144 Å². The summed E-state index contributed by atoms with van der Waals surface area (Å²) >= 11 is 1.28. The minimum atomic E-state index is -1.34. The van der Waals surface area contributed by atoms with Crippen LogP contribution < -0.4 is 5.32 Å². The zero-order valence-corrected chi connectivity index (χ0v) is 72.9. The Balaban J connectivity index is 0.000000208. The van der Waals surface area contributed by atoms with E-state index >= 15 is 0 Å². The number of carboxylic acids is 3. The van der Waals surface area contributed by atoms with Crippen LogP contribution >= 0.6 is 33.3 Å². The Morgan fingerprint density at radius 1 is 0.377 bits per heavy atom. The van der Waals surface area contributed by atoms with Gasteiger partial charge >= 0.3 is 17.9 Å². The molecule has 16 rings (SSSR count). The molecule has 646 valence electrons. The molecule has 10 heterocycles. The number of aromatic nitrogens is 9. The van der Waals surface area contributed by atoms with Crippen molar-refractivity contribution in [2.24, 2.45) is 30.7 Å². The van der Waals surface area contributed by atoms with Gasteiger partial charge in [0.2, 0.25) is 17.7 Å². The number of aliphatic carboxylic acids is 3. The largest absolute Gasteiger partial charge is 0.480 e. The van der Waals surface area contributed by atoms with E-state index in [0.29, 0.717) is 24.2 Å². The summed E-state index contributed by atoms with van der Waals surface area (Å²) in [5.41, 5.74) is 19.6. The molecule has 0 bridgehead atoms. The number of carboxylic acid groups (broad SMARTS) is 3. The predicted octanol–water partition coefficient (Wildman–Crippen LogP) is 22.2. The van der Waals surface area contributed by atoms with Crippen LogP contribution in [0.2, 0.25) is 0 Å². The van der Waals surface area contributed by atoms with Gasteiger partial charge < -0.3 is 20.6 Å². The van der Waals surface area contributed by atoms with Crippen molar-refractivity contribution in [2.75, 3.05) is 26.2 Å². The van der Waals surface area contributed by atoms with Gasteiger partial charge in [-0.3, -0.25) is 68.5 Å². The molecule has 27 nitrogen and oxygen atoms in total. The molecular formula is C99H80FeN18O9S3. The smallest absolute Gasteiger partial charge is 0.320 e. The number of nitrogens with one attached hydrogen (secondary N) is 1. The maximum absolute atomic E-state index is 13.1. The number of azo groups is 3. The SMILES string of the molecule is O=C(O)CN(CC(=O)O)C(CCCCNC(=O)CCCN1C(=O)CC(Sc2ccc(N=Nc3ccc(-c4cc(-c5ccccn5)nc(-c5ccccn5)c4)cc3)cc2)C1=O)C(=O)O.[Fe].c1ccc(-c2cc(-c3ccc(N=Nc4ccc(SSc5ccc(N=Nc6ccc(-c7cc(-c8ccccn8)nc(-c8ccccn8)c7)cc6)cc5)cc4)cc3)cc(-c3ccccn3)n2)nc1. The normalized spacial score (nSPS) is 12.7. The van der Waals surface area contributed by atoms with E-state index in [1.54, 1.807) is 70.9 Å². The van der Waals surface area contributed by atoms with Gasteiger partial charge in [-0.25, -0.2) is 15.0 Å². The summed E-state index contributed by atoms with van der Waals surface area (Å²) in [6, 6.07) is 92.6. The summed E-state index contributed by atoms with van der Waals surface area (Å²) in [4.78, 5) is 119. The first-order chi connectivity index (χ1) is 63.1. The molecule has 0 aliphatic carbocycles. The Morgan fingerprint density at radius 2 is 0.677 bits per heavy atom. The number of pyridine rings is 9. The second kappa shape index (κ2) is 45.4. The average Bonchev–Trinajstić information content (AvgIpc) is 1.15. The number of amides is 3. The molecule has 1 fully saturated rings. The molecule has 1 aliphatic rings. The quantitative estimate of drug-likeness (QED) is 0.00942. The van der Waals surface area contributed by atoms with Crippen LogP contribution in [0.1, 0.15) is 38.5 Å². The van der Waals surface area contributed by atoms with Crippen molar-refractivity contribution >= 4 is 103 Å². The van der Waals surface area contributed by atoms with Crippen LogP contribution in [0.4, 0.5) is 34.1 Å². The van der Waals surface area contributed by atoms with Crippen LogP contribution in [0.15, 0.2) is 374 Å². The number of nitrogens with zero attached hydrogens (tertiary/aromatic N) is 17. The molecule has 1 aliphatic heterocycles. The Kier molecular flexibility index (Phi) is 31.9. The van der Waals surface area contributed by atoms with Crippen LogP contribution in [-0.2, 0) is 45.8 Å². The van der Waals surface area contributed by atoms with Crippen molar-refractivity contribution in [3.63, 3.8) is 0 Å². The third-order valence-electron chi connectivity index (χ3n) is 20.1. The van der Waals surface area contributed by atoms with Crippen molar-refractivity contribution < 1.29 is 61.2 Å². The van der Waals surface area contributed by atoms with Crippen molar-refractivity contribution in [3.8, 4) is 102 Å². The van der Waals surface area contributed by atoms with Gasteiger partial charge in [0.1, 0.15) is 6.04 Å². The number of hydrogen-bond acceptors (Lipinski definition) is 25. The summed E-state index contributed by atoms with van der Waals surface area (Å²) in [5.74, 6) is -4.96. The Bertz CT molecular complexity index is 6070. The van der Waals surface area contributed by atoms with Crippen LogP contribution in [0.5, 0.6) is 0 Å². The molecule has 0 saturated carbocycles. The van der Waals surface area contributed by atoms with Crippen LogP contribution in [0.25, 0.3) is 102 Å². The fourth-order valence-corrected chi connectivity index (χ4v) is 16.7. The molecule has 0 spiro atoms.